The largest absolute Gasteiger partial charge is 0.395 e. The molecular formula is C22H24ClN7O2. The van der Waals surface area contributed by atoms with Crippen molar-refractivity contribution in [3.8, 4) is 17.3 Å². The fourth-order valence-electron chi connectivity index (χ4n) is 3.77. The molecule has 0 radical (unpaired) electrons. The lowest BCUT2D eigenvalue weighted by atomic mass is 9.83. The quantitative estimate of drug-likeness (QED) is 0.444. The lowest BCUT2D eigenvalue weighted by Crippen LogP contribution is -2.28. The number of aryl methyl sites for hydroxylation is 1. The topological polar surface area (TPSA) is 121 Å². The Morgan fingerprint density at radius 1 is 1.41 bits per heavy atom. The normalized spacial score (nSPS) is 17.0. The van der Waals surface area contributed by atoms with E-state index < -0.39 is 5.41 Å². The maximum atomic E-state index is 9.93. The molecule has 10 heteroatoms. The Hall–Kier alpha value is -3.19. The first-order valence-corrected chi connectivity index (χ1v) is 10.6. The van der Waals surface area contributed by atoms with Gasteiger partial charge in [-0.1, -0.05) is 18.5 Å². The third kappa shape index (κ3) is 4.25. The van der Waals surface area contributed by atoms with E-state index in [1.54, 1.807) is 36.2 Å². The number of aliphatic hydroxyl groups excluding tert-OH is 1. The standard InChI is InChI=1S/C22H24ClN7O2/c1-22(13-31)12-26-20-15(11-24)8-14(9-16(20)22)17-4-5-25-21(27-17)28-19-10-18(23)29-30(19)6-3-7-32-2/h4-5,8-10,26,31H,3,6-7,12-13H2,1-2H3,(H,25,27,28). The molecular weight excluding hydrogens is 430 g/mol. The van der Waals surface area contributed by atoms with E-state index in [4.69, 9.17) is 16.3 Å². The zero-order valence-electron chi connectivity index (χ0n) is 17.9. The SMILES string of the molecule is COCCCn1nc(Cl)cc1Nc1nccc(-c2cc(C#N)c3c(c2)C(C)(CO)CN3)n1. The Morgan fingerprint density at radius 3 is 3.00 bits per heavy atom. The number of aliphatic hydroxyl groups is 1. The van der Waals surface area contributed by atoms with Crippen molar-refractivity contribution in [2.45, 2.75) is 25.3 Å². The van der Waals surface area contributed by atoms with Crippen LogP contribution in [0.2, 0.25) is 5.15 Å². The van der Waals surface area contributed by atoms with Crippen molar-refractivity contribution < 1.29 is 9.84 Å². The minimum atomic E-state index is -0.462. The number of hydrogen-bond acceptors (Lipinski definition) is 8. The van der Waals surface area contributed by atoms with Gasteiger partial charge in [0.2, 0.25) is 5.95 Å². The van der Waals surface area contributed by atoms with E-state index >= 15 is 0 Å². The van der Waals surface area contributed by atoms with Gasteiger partial charge in [0.05, 0.1) is 23.6 Å². The van der Waals surface area contributed by atoms with Gasteiger partial charge in [-0.05, 0) is 30.2 Å². The monoisotopic (exact) mass is 453 g/mol. The van der Waals surface area contributed by atoms with Gasteiger partial charge in [0.25, 0.3) is 0 Å². The van der Waals surface area contributed by atoms with E-state index in [0.717, 1.165) is 23.2 Å². The van der Waals surface area contributed by atoms with Crippen molar-refractivity contribution >= 4 is 29.1 Å². The van der Waals surface area contributed by atoms with Crippen LogP contribution in [0.3, 0.4) is 0 Å². The van der Waals surface area contributed by atoms with Gasteiger partial charge in [-0.15, -0.1) is 0 Å². The van der Waals surface area contributed by atoms with Crippen LogP contribution in [0.5, 0.6) is 0 Å². The van der Waals surface area contributed by atoms with Crippen LogP contribution >= 0.6 is 11.6 Å². The van der Waals surface area contributed by atoms with Crippen molar-refractivity contribution in [1.82, 2.24) is 19.7 Å². The van der Waals surface area contributed by atoms with Crippen molar-refractivity contribution in [2.75, 3.05) is 37.5 Å². The number of benzene rings is 1. The molecule has 1 atom stereocenters. The average molecular weight is 454 g/mol. The molecule has 3 N–H and O–H groups in total. The molecule has 1 unspecified atom stereocenters. The molecule has 1 aliphatic heterocycles. The summed E-state index contributed by atoms with van der Waals surface area (Å²) < 4.78 is 6.85. The third-order valence-corrected chi connectivity index (χ3v) is 5.76. The first kappa shape index (κ1) is 22.0. The summed E-state index contributed by atoms with van der Waals surface area (Å²) in [4.78, 5) is 8.95. The molecule has 9 nitrogen and oxygen atoms in total. The second-order valence-electron chi connectivity index (χ2n) is 7.94. The van der Waals surface area contributed by atoms with E-state index in [0.29, 0.717) is 47.9 Å². The number of rotatable bonds is 8. The van der Waals surface area contributed by atoms with E-state index in [1.165, 1.54) is 0 Å². The summed E-state index contributed by atoms with van der Waals surface area (Å²) in [6.45, 7) is 3.76. The number of ether oxygens (including phenoxy) is 1. The van der Waals surface area contributed by atoms with Crippen molar-refractivity contribution in [1.29, 1.82) is 5.26 Å². The van der Waals surface area contributed by atoms with Crippen LogP contribution in [0.1, 0.15) is 24.5 Å². The van der Waals surface area contributed by atoms with Crippen LogP contribution in [0, 0.1) is 11.3 Å². The molecule has 0 spiro atoms. The highest BCUT2D eigenvalue weighted by Gasteiger charge is 2.35. The average Bonchev–Trinajstić information content (AvgIpc) is 3.33. The lowest BCUT2D eigenvalue weighted by molar-refractivity contribution is 0.189. The number of fused-ring (bicyclic) bond motifs is 1. The van der Waals surface area contributed by atoms with Gasteiger partial charge >= 0.3 is 0 Å². The van der Waals surface area contributed by atoms with Crippen LogP contribution < -0.4 is 10.6 Å². The Kier molecular flexibility index (Phi) is 6.28. The van der Waals surface area contributed by atoms with Gasteiger partial charge in [-0.25, -0.2) is 14.6 Å². The molecule has 0 saturated carbocycles. The first-order chi connectivity index (χ1) is 15.5. The molecule has 0 fully saturated rings. The molecule has 3 heterocycles. The molecule has 2 aromatic heterocycles. The molecule has 166 valence electrons. The number of methoxy groups -OCH3 is 1. The molecule has 3 aromatic rings. The predicted octanol–water partition coefficient (Wildman–Crippen LogP) is 3.32. The van der Waals surface area contributed by atoms with E-state index in [1.807, 2.05) is 13.0 Å². The van der Waals surface area contributed by atoms with Gasteiger partial charge in [-0.2, -0.15) is 10.4 Å². The van der Waals surface area contributed by atoms with E-state index in [9.17, 15) is 10.4 Å². The zero-order valence-corrected chi connectivity index (χ0v) is 18.6. The summed E-state index contributed by atoms with van der Waals surface area (Å²) >= 11 is 6.10. The minimum absolute atomic E-state index is 0.0221. The Bertz CT molecular complexity index is 1170. The minimum Gasteiger partial charge on any atom is -0.395 e. The number of nitrogens with one attached hydrogen (secondary N) is 2. The molecule has 0 bridgehead atoms. The highest BCUT2D eigenvalue weighted by molar-refractivity contribution is 6.29. The maximum Gasteiger partial charge on any atom is 0.228 e. The van der Waals surface area contributed by atoms with Gasteiger partial charge in [-0.3, -0.25) is 0 Å². The van der Waals surface area contributed by atoms with Gasteiger partial charge in [0, 0.05) is 50.0 Å². The van der Waals surface area contributed by atoms with Gasteiger partial charge in [0.15, 0.2) is 5.15 Å². The van der Waals surface area contributed by atoms with E-state index in [-0.39, 0.29) is 6.61 Å². The fourth-order valence-corrected chi connectivity index (χ4v) is 3.97. The van der Waals surface area contributed by atoms with E-state index in [2.05, 4.69) is 31.8 Å². The molecule has 4 rings (SSSR count). The molecule has 1 aromatic carbocycles. The molecule has 1 aliphatic rings. The summed E-state index contributed by atoms with van der Waals surface area (Å²) in [5.41, 5.74) is 3.17. The number of aromatic nitrogens is 4. The van der Waals surface area contributed by atoms with Crippen LogP contribution in [-0.2, 0) is 16.7 Å². The summed E-state index contributed by atoms with van der Waals surface area (Å²) in [5, 5.41) is 30.7. The summed E-state index contributed by atoms with van der Waals surface area (Å²) in [6, 6.07) is 9.53. The van der Waals surface area contributed by atoms with Crippen molar-refractivity contribution in [3.05, 3.63) is 46.7 Å². The smallest absolute Gasteiger partial charge is 0.228 e. The first-order valence-electron chi connectivity index (χ1n) is 10.2. The number of halogens is 1. The predicted molar refractivity (Wildman–Crippen MR) is 122 cm³/mol. The molecule has 32 heavy (non-hydrogen) atoms. The Labute approximate surface area is 191 Å². The van der Waals surface area contributed by atoms with Gasteiger partial charge in [0.1, 0.15) is 11.9 Å². The fraction of sp³-hybridized carbons (Fsp3) is 0.364. The Balaban J connectivity index is 1.65. The van der Waals surface area contributed by atoms with Crippen LogP contribution in [0.15, 0.2) is 30.5 Å². The van der Waals surface area contributed by atoms with Crippen LogP contribution in [0.4, 0.5) is 17.5 Å². The highest BCUT2D eigenvalue weighted by Crippen LogP contribution is 2.41. The number of anilines is 3. The number of nitriles is 1. The maximum absolute atomic E-state index is 9.93. The molecule has 0 amide bonds. The number of hydrogen-bond donors (Lipinski definition) is 3. The highest BCUT2D eigenvalue weighted by atomic mass is 35.5. The van der Waals surface area contributed by atoms with Gasteiger partial charge < -0.3 is 20.5 Å². The number of nitrogens with zero attached hydrogens (tertiary/aromatic N) is 5. The Morgan fingerprint density at radius 2 is 2.25 bits per heavy atom. The molecule has 0 aliphatic carbocycles. The lowest BCUT2D eigenvalue weighted by Gasteiger charge is -2.21. The van der Waals surface area contributed by atoms with Crippen LogP contribution in [0.25, 0.3) is 11.3 Å². The summed E-state index contributed by atoms with van der Waals surface area (Å²) in [5.74, 6) is 1.06. The summed E-state index contributed by atoms with van der Waals surface area (Å²) in [7, 11) is 1.66. The summed E-state index contributed by atoms with van der Waals surface area (Å²) in [6.07, 6.45) is 2.44. The van der Waals surface area contributed by atoms with Crippen molar-refractivity contribution in [3.63, 3.8) is 0 Å². The third-order valence-electron chi connectivity index (χ3n) is 5.57. The van der Waals surface area contributed by atoms with Crippen LogP contribution in [-0.4, -0.2) is 51.7 Å². The molecule has 0 saturated heterocycles. The second kappa shape index (κ2) is 9.12. The second-order valence-corrected chi connectivity index (χ2v) is 8.33. The zero-order chi connectivity index (χ0) is 22.7. The van der Waals surface area contributed by atoms with Crippen molar-refractivity contribution in [2.24, 2.45) is 0 Å².